The van der Waals surface area contributed by atoms with Crippen molar-refractivity contribution in [2.75, 3.05) is 19.0 Å². The van der Waals surface area contributed by atoms with Gasteiger partial charge in [0.05, 0.1) is 16.3 Å². The predicted octanol–water partition coefficient (Wildman–Crippen LogP) is 1.86. The van der Waals surface area contributed by atoms with Crippen LogP contribution >= 0.6 is 0 Å². The third kappa shape index (κ3) is 3.63. The number of rotatable bonds is 4. The molecule has 0 spiro atoms. The lowest BCUT2D eigenvalue weighted by atomic mass is 10.2. The molecule has 2 aromatic carbocycles. The predicted molar refractivity (Wildman–Crippen MR) is 87.5 cm³/mol. The molecule has 22 heavy (non-hydrogen) atoms. The van der Waals surface area contributed by atoms with E-state index in [9.17, 15) is 13.5 Å². The van der Waals surface area contributed by atoms with Crippen LogP contribution in [0.3, 0.4) is 0 Å². The molecule has 2 aromatic rings. The largest absolute Gasteiger partial charge is 0.507 e. The monoisotopic (exact) mass is 319 g/mol. The van der Waals surface area contributed by atoms with Crippen molar-refractivity contribution in [1.82, 2.24) is 0 Å². The molecule has 3 N–H and O–H groups in total. The van der Waals surface area contributed by atoms with Gasteiger partial charge in [-0.15, -0.1) is 0 Å². The van der Waals surface area contributed by atoms with Crippen LogP contribution in [-0.2, 0) is 10.0 Å². The summed E-state index contributed by atoms with van der Waals surface area (Å²) < 4.78 is 22.9. The molecule has 6 nitrogen and oxygen atoms in total. The van der Waals surface area contributed by atoms with Gasteiger partial charge in [0.25, 0.3) is 0 Å². The van der Waals surface area contributed by atoms with Crippen molar-refractivity contribution in [1.29, 1.82) is 0 Å². The Hall–Kier alpha value is -2.38. The number of sulfonamides is 1. The van der Waals surface area contributed by atoms with Crippen molar-refractivity contribution >= 4 is 27.6 Å². The minimum Gasteiger partial charge on any atom is -0.507 e. The highest BCUT2D eigenvalue weighted by Crippen LogP contribution is 2.30. The Morgan fingerprint density at radius 2 is 1.86 bits per heavy atom. The van der Waals surface area contributed by atoms with Gasteiger partial charge >= 0.3 is 0 Å². The molecule has 0 fully saturated rings. The number of phenolic OH excluding ortho intramolecular Hbond substituents is 1. The Labute approximate surface area is 129 Å². The number of hydrogen-bond donors (Lipinski definition) is 2. The number of primary sulfonamides is 1. The number of anilines is 1. The van der Waals surface area contributed by atoms with Crippen LogP contribution in [0.4, 0.5) is 11.4 Å². The van der Waals surface area contributed by atoms with Gasteiger partial charge in [0.15, 0.2) is 0 Å². The average molecular weight is 319 g/mol. The quantitative estimate of drug-likeness (QED) is 0.841. The maximum Gasteiger partial charge on any atom is 0.238 e. The summed E-state index contributed by atoms with van der Waals surface area (Å²) in [5.74, 6) is 0.0975. The summed E-state index contributed by atoms with van der Waals surface area (Å²) in [7, 11) is -0.152. The van der Waals surface area contributed by atoms with E-state index in [0.29, 0.717) is 11.3 Å². The number of aromatic hydroxyl groups is 1. The van der Waals surface area contributed by atoms with Crippen molar-refractivity contribution < 1.29 is 13.5 Å². The molecule has 2 rings (SSSR count). The molecule has 0 radical (unpaired) electrons. The van der Waals surface area contributed by atoms with Crippen LogP contribution in [0.1, 0.15) is 5.56 Å². The first-order chi connectivity index (χ1) is 10.3. The van der Waals surface area contributed by atoms with Crippen molar-refractivity contribution in [2.24, 2.45) is 10.1 Å². The number of hydrogen-bond acceptors (Lipinski definition) is 5. The highest BCUT2D eigenvalue weighted by atomic mass is 32.2. The molecule has 0 unspecified atom stereocenters. The zero-order chi connectivity index (χ0) is 16.3. The maximum atomic E-state index is 11.5. The Morgan fingerprint density at radius 3 is 2.45 bits per heavy atom. The second-order valence-corrected chi connectivity index (χ2v) is 6.47. The highest BCUT2D eigenvalue weighted by Gasteiger charge is 2.12. The summed E-state index contributed by atoms with van der Waals surface area (Å²) in [4.78, 5) is 6.08. The van der Waals surface area contributed by atoms with E-state index in [1.807, 2.05) is 19.0 Å². The third-order valence-corrected chi connectivity index (χ3v) is 3.95. The van der Waals surface area contributed by atoms with Crippen LogP contribution in [0.5, 0.6) is 5.75 Å². The molecule has 0 aromatic heterocycles. The molecule has 0 aliphatic heterocycles. The third-order valence-electron chi connectivity index (χ3n) is 3.04. The minimum absolute atomic E-state index is 0.0115. The summed E-state index contributed by atoms with van der Waals surface area (Å²) in [6, 6.07) is 11.2. The van der Waals surface area contributed by atoms with Gasteiger partial charge in [0, 0.05) is 25.9 Å². The molecular weight excluding hydrogens is 302 g/mol. The Bertz CT molecular complexity index is 815. The topological polar surface area (TPSA) is 96.0 Å². The molecule has 0 saturated heterocycles. The summed E-state index contributed by atoms with van der Waals surface area (Å²) in [6.45, 7) is 0. The lowest BCUT2D eigenvalue weighted by molar-refractivity contribution is 0.474. The highest BCUT2D eigenvalue weighted by molar-refractivity contribution is 7.89. The summed E-state index contributed by atoms with van der Waals surface area (Å²) >= 11 is 0. The second-order valence-electron chi connectivity index (χ2n) is 4.91. The lowest BCUT2D eigenvalue weighted by Gasteiger charge is -2.15. The van der Waals surface area contributed by atoms with E-state index >= 15 is 0 Å². The van der Waals surface area contributed by atoms with E-state index in [1.165, 1.54) is 18.3 Å². The molecule has 0 heterocycles. The Kier molecular flexibility index (Phi) is 4.48. The molecule has 0 saturated carbocycles. The van der Waals surface area contributed by atoms with E-state index in [-0.39, 0.29) is 10.6 Å². The normalized spacial score (nSPS) is 11.8. The van der Waals surface area contributed by atoms with Gasteiger partial charge in [-0.2, -0.15) is 0 Å². The van der Waals surface area contributed by atoms with E-state index in [1.54, 1.807) is 30.3 Å². The van der Waals surface area contributed by atoms with Crippen LogP contribution < -0.4 is 10.0 Å². The zero-order valence-corrected chi connectivity index (χ0v) is 13.1. The van der Waals surface area contributed by atoms with Crippen LogP contribution in [0, 0.1) is 0 Å². The number of aliphatic imine (C=N–C) groups is 1. The fourth-order valence-corrected chi connectivity index (χ4v) is 2.43. The molecule has 0 bridgehead atoms. The van der Waals surface area contributed by atoms with Gasteiger partial charge in [-0.25, -0.2) is 13.6 Å². The van der Waals surface area contributed by atoms with E-state index < -0.39 is 10.0 Å². The van der Waals surface area contributed by atoms with Crippen LogP contribution in [0.15, 0.2) is 52.4 Å². The second kappa shape index (κ2) is 6.17. The minimum atomic E-state index is -3.80. The SMILES string of the molecule is CN(C)c1ccc(S(N)(=O)=O)cc1N=Cc1ccccc1O. The molecular formula is C15H17N3O3S. The number of benzene rings is 2. The average Bonchev–Trinajstić information content (AvgIpc) is 2.45. The molecule has 7 heteroatoms. The first-order valence-electron chi connectivity index (χ1n) is 6.45. The first-order valence-corrected chi connectivity index (χ1v) is 8.00. The van der Waals surface area contributed by atoms with Crippen molar-refractivity contribution in [3.8, 4) is 5.75 Å². The van der Waals surface area contributed by atoms with Crippen molar-refractivity contribution in [2.45, 2.75) is 4.90 Å². The van der Waals surface area contributed by atoms with E-state index in [0.717, 1.165) is 5.69 Å². The Balaban J connectivity index is 2.50. The van der Waals surface area contributed by atoms with Gasteiger partial charge in [-0.05, 0) is 30.3 Å². The number of nitrogens with two attached hydrogens (primary N) is 1. The zero-order valence-electron chi connectivity index (χ0n) is 12.3. The van der Waals surface area contributed by atoms with Crippen molar-refractivity contribution in [3.05, 3.63) is 48.0 Å². The molecule has 116 valence electrons. The number of nitrogens with zero attached hydrogens (tertiary/aromatic N) is 2. The van der Waals surface area contributed by atoms with E-state index in [4.69, 9.17) is 5.14 Å². The number of para-hydroxylation sites is 1. The molecule has 0 aliphatic carbocycles. The molecule has 0 atom stereocenters. The van der Waals surface area contributed by atoms with Gasteiger partial charge < -0.3 is 10.0 Å². The number of phenols is 1. The summed E-state index contributed by atoms with van der Waals surface area (Å²) in [5, 5.41) is 14.9. The lowest BCUT2D eigenvalue weighted by Crippen LogP contribution is -2.13. The van der Waals surface area contributed by atoms with Gasteiger partial charge in [0.2, 0.25) is 10.0 Å². The fourth-order valence-electron chi connectivity index (χ4n) is 1.90. The van der Waals surface area contributed by atoms with Gasteiger partial charge in [-0.3, -0.25) is 4.99 Å². The maximum absolute atomic E-state index is 11.5. The fraction of sp³-hybridized carbons (Fsp3) is 0.133. The van der Waals surface area contributed by atoms with Crippen LogP contribution in [0.25, 0.3) is 0 Å². The summed E-state index contributed by atoms with van der Waals surface area (Å²) in [5.41, 5.74) is 1.71. The Morgan fingerprint density at radius 1 is 1.18 bits per heavy atom. The standard InChI is InChI=1S/C15H17N3O3S/c1-18(2)14-8-7-12(22(16,20)21)9-13(14)17-10-11-5-3-4-6-15(11)19/h3-10,19H,1-2H3,(H2,16,20,21). The van der Waals surface area contributed by atoms with Crippen molar-refractivity contribution in [3.63, 3.8) is 0 Å². The van der Waals surface area contributed by atoms with Crippen LogP contribution in [0.2, 0.25) is 0 Å². The molecule has 0 amide bonds. The molecule has 0 aliphatic rings. The first kappa shape index (κ1) is 16.0. The van der Waals surface area contributed by atoms with Crippen LogP contribution in [-0.4, -0.2) is 33.8 Å². The summed E-state index contributed by atoms with van der Waals surface area (Å²) in [6.07, 6.45) is 1.48. The van der Waals surface area contributed by atoms with Gasteiger partial charge in [0.1, 0.15) is 5.75 Å². The van der Waals surface area contributed by atoms with E-state index in [2.05, 4.69) is 4.99 Å². The van der Waals surface area contributed by atoms with Gasteiger partial charge in [-0.1, -0.05) is 12.1 Å². The smallest absolute Gasteiger partial charge is 0.238 e.